The van der Waals surface area contributed by atoms with E-state index in [-0.39, 0.29) is 17.3 Å². The van der Waals surface area contributed by atoms with Gasteiger partial charge in [0.25, 0.3) is 5.91 Å². The van der Waals surface area contributed by atoms with Crippen LogP contribution in [-0.4, -0.2) is 102 Å². The summed E-state index contributed by atoms with van der Waals surface area (Å²) in [7, 11) is 5.74. The molecule has 3 aromatic rings. The van der Waals surface area contributed by atoms with Crippen LogP contribution in [0.4, 0.5) is 21.7 Å². The van der Waals surface area contributed by atoms with Crippen molar-refractivity contribution in [1.29, 1.82) is 0 Å². The van der Waals surface area contributed by atoms with Crippen LogP contribution in [0.2, 0.25) is 0 Å². The van der Waals surface area contributed by atoms with E-state index in [1.54, 1.807) is 25.2 Å². The van der Waals surface area contributed by atoms with E-state index < -0.39 is 0 Å². The maximum atomic E-state index is 15.3. The maximum absolute atomic E-state index is 15.3. The van der Waals surface area contributed by atoms with Crippen molar-refractivity contribution in [2.75, 3.05) is 70.6 Å². The average Bonchev–Trinajstić information content (AvgIpc) is 3.26. The van der Waals surface area contributed by atoms with E-state index in [1.165, 1.54) is 6.07 Å². The molecule has 10 heteroatoms. The number of hydrogen-bond acceptors (Lipinski definition) is 7. The van der Waals surface area contributed by atoms with Crippen molar-refractivity contribution in [2.45, 2.75) is 43.7 Å². The molecule has 40 heavy (non-hydrogen) atoms. The maximum Gasteiger partial charge on any atom is 0.270 e. The van der Waals surface area contributed by atoms with Crippen LogP contribution >= 0.6 is 0 Å². The van der Waals surface area contributed by atoms with E-state index in [0.717, 1.165) is 88.3 Å². The van der Waals surface area contributed by atoms with Crippen LogP contribution in [0, 0.1) is 11.7 Å². The van der Waals surface area contributed by atoms with E-state index in [2.05, 4.69) is 36.6 Å². The third-order valence-electron chi connectivity index (χ3n) is 9.71. The summed E-state index contributed by atoms with van der Waals surface area (Å²) in [6.45, 7) is 6.25. The van der Waals surface area contributed by atoms with Crippen LogP contribution in [-0.2, 0) is 5.54 Å². The van der Waals surface area contributed by atoms with Gasteiger partial charge in [-0.1, -0.05) is 0 Å². The molecule has 212 valence electrons. The lowest BCUT2D eigenvalue weighted by Gasteiger charge is -2.62. The zero-order chi connectivity index (χ0) is 27.6. The van der Waals surface area contributed by atoms with E-state index >= 15 is 4.39 Å². The van der Waals surface area contributed by atoms with Gasteiger partial charge in [0.05, 0.1) is 5.69 Å². The summed E-state index contributed by atoms with van der Waals surface area (Å²) in [5, 5.41) is 4.06. The number of rotatable bonds is 6. The van der Waals surface area contributed by atoms with Gasteiger partial charge in [-0.3, -0.25) is 9.69 Å². The number of halogens is 1. The molecule has 1 amide bonds. The van der Waals surface area contributed by atoms with Gasteiger partial charge in [0.1, 0.15) is 17.2 Å². The lowest BCUT2D eigenvalue weighted by molar-refractivity contribution is -0.0870. The average molecular weight is 547 g/mol. The second-order valence-corrected chi connectivity index (χ2v) is 12.6. The summed E-state index contributed by atoms with van der Waals surface area (Å²) >= 11 is 0. The Morgan fingerprint density at radius 1 is 1.05 bits per heavy atom. The zero-order valence-electron chi connectivity index (χ0n) is 23.7. The Morgan fingerprint density at radius 2 is 1.77 bits per heavy atom. The fraction of sp³-hybridized carbons (Fsp3) is 0.567. The summed E-state index contributed by atoms with van der Waals surface area (Å²) in [5.74, 6) is 0.906. The number of amides is 1. The molecule has 2 saturated heterocycles. The minimum atomic E-state index is -0.236. The van der Waals surface area contributed by atoms with E-state index in [0.29, 0.717) is 29.1 Å². The second kappa shape index (κ2) is 9.69. The molecule has 2 aliphatic heterocycles. The van der Waals surface area contributed by atoms with E-state index in [1.807, 2.05) is 18.2 Å². The highest BCUT2D eigenvalue weighted by atomic mass is 19.1. The first-order chi connectivity index (χ1) is 19.3. The second-order valence-electron chi connectivity index (χ2n) is 12.6. The van der Waals surface area contributed by atoms with Crippen LogP contribution in [0.25, 0.3) is 11.0 Å². The molecule has 1 aromatic carbocycles. The SMILES string of the molecule is CN1CCN(C2CCN(c3ccc(Nc4ncc5cc(C(=O)N(C)C)n(C67CC(C6)C7)c5n4)cc3F)CC2)CC1. The van der Waals surface area contributed by atoms with Crippen molar-refractivity contribution < 1.29 is 9.18 Å². The van der Waals surface area contributed by atoms with Crippen LogP contribution < -0.4 is 10.2 Å². The van der Waals surface area contributed by atoms with Crippen molar-refractivity contribution in [3.63, 3.8) is 0 Å². The third-order valence-corrected chi connectivity index (χ3v) is 9.71. The Kier molecular flexibility index (Phi) is 6.23. The van der Waals surface area contributed by atoms with Crippen LogP contribution in [0.5, 0.6) is 0 Å². The molecule has 8 rings (SSSR count). The highest BCUT2D eigenvalue weighted by Gasteiger charge is 2.59. The molecule has 0 atom stereocenters. The topological polar surface area (TPSA) is 72.8 Å². The molecule has 9 nitrogen and oxygen atoms in total. The molecular weight excluding hydrogens is 507 g/mol. The van der Waals surface area contributed by atoms with Gasteiger partial charge >= 0.3 is 0 Å². The standard InChI is InChI=1S/C30H39FN8O/c1-35(2)28(40)26-14-21-19-32-29(34-27(21)39(26)30-16-20(17-30)18-30)33-22-4-5-25(24(31)15-22)38-8-6-23(7-9-38)37-12-10-36(3)11-13-37/h4-5,14-15,19-20,23H,6-13,16-18H2,1-3H3,(H,32,33,34). The first-order valence-corrected chi connectivity index (χ1v) is 14.6. The summed E-state index contributed by atoms with van der Waals surface area (Å²) < 4.78 is 17.5. The van der Waals surface area contributed by atoms with Gasteiger partial charge in [-0.05, 0) is 69.3 Å². The normalized spacial score (nSPS) is 25.5. The molecule has 3 saturated carbocycles. The summed E-state index contributed by atoms with van der Waals surface area (Å²) in [5.41, 5.74) is 2.69. The predicted molar refractivity (Wildman–Crippen MR) is 155 cm³/mol. The van der Waals surface area contributed by atoms with Crippen LogP contribution in [0.3, 0.4) is 0 Å². The Labute approximate surface area is 234 Å². The first-order valence-electron chi connectivity index (χ1n) is 14.6. The van der Waals surface area contributed by atoms with Gasteiger partial charge in [-0.15, -0.1) is 0 Å². The van der Waals surface area contributed by atoms with Crippen molar-refractivity contribution in [3.8, 4) is 0 Å². The monoisotopic (exact) mass is 546 g/mol. The molecular formula is C30H39FN8O. The van der Waals surface area contributed by atoms with Crippen LogP contribution in [0.15, 0.2) is 30.5 Å². The smallest absolute Gasteiger partial charge is 0.270 e. The predicted octanol–water partition coefficient (Wildman–Crippen LogP) is 3.74. The summed E-state index contributed by atoms with van der Waals surface area (Å²) in [6.07, 6.45) is 7.17. The van der Waals surface area contributed by atoms with Gasteiger partial charge in [-0.25, -0.2) is 9.37 Å². The van der Waals surface area contributed by atoms with E-state index in [9.17, 15) is 4.79 Å². The Balaban J connectivity index is 1.07. The quantitative estimate of drug-likeness (QED) is 0.505. The molecule has 2 aromatic heterocycles. The Hall–Kier alpha value is -3.24. The number of piperazine rings is 1. The molecule has 5 fully saturated rings. The molecule has 5 aliphatic rings. The van der Waals surface area contributed by atoms with Crippen molar-refractivity contribution in [1.82, 2.24) is 29.2 Å². The lowest BCUT2D eigenvalue weighted by Crippen LogP contribution is -2.60. The number of carbonyl (C=O) groups excluding carboxylic acids is 1. The Bertz CT molecular complexity index is 1420. The van der Waals surface area contributed by atoms with Gasteiger partial charge < -0.3 is 24.6 Å². The number of benzene rings is 1. The molecule has 3 aliphatic carbocycles. The molecule has 0 spiro atoms. The van der Waals surface area contributed by atoms with Gasteiger partial charge in [0.15, 0.2) is 0 Å². The number of carbonyl (C=O) groups is 1. The Morgan fingerprint density at radius 3 is 2.40 bits per heavy atom. The number of anilines is 3. The zero-order valence-corrected chi connectivity index (χ0v) is 23.7. The molecule has 2 bridgehead atoms. The number of nitrogens with one attached hydrogen (secondary N) is 1. The van der Waals surface area contributed by atoms with E-state index in [4.69, 9.17) is 4.98 Å². The molecule has 1 N–H and O–H groups in total. The number of hydrogen-bond donors (Lipinski definition) is 1. The van der Waals surface area contributed by atoms with Crippen molar-refractivity contribution >= 4 is 34.3 Å². The summed E-state index contributed by atoms with van der Waals surface area (Å²) in [6, 6.07) is 7.81. The first kappa shape index (κ1) is 25.7. The fourth-order valence-corrected chi connectivity index (χ4v) is 7.25. The number of fused-ring (bicyclic) bond motifs is 1. The lowest BCUT2D eigenvalue weighted by atomic mass is 9.49. The highest BCUT2D eigenvalue weighted by Crippen LogP contribution is 2.63. The third kappa shape index (κ3) is 4.32. The van der Waals surface area contributed by atoms with Crippen molar-refractivity contribution in [3.05, 3.63) is 42.0 Å². The number of aromatic nitrogens is 3. The highest BCUT2D eigenvalue weighted by molar-refractivity contribution is 5.98. The van der Waals surface area contributed by atoms with Crippen molar-refractivity contribution in [2.24, 2.45) is 5.92 Å². The largest absolute Gasteiger partial charge is 0.369 e. The van der Waals surface area contributed by atoms with Gasteiger partial charge in [-0.2, -0.15) is 4.98 Å². The molecule has 0 unspecified atom stereocenters. The molecule has 0 radical (unpaired) electrons. The van der Waals surface area contributed by atoms with Crippen LogP contribution in [0.1, 0.15) is 42.6 Å². The minimum absolute atomic E-state index is 0.00933. The molecule has 4 heterocycles. The summed E-state index contributed by atoms with van der Waals surface area (Å²) in [4.78, 5) is 31.1. The fourth-order valence-electron chi connectivity index (χ4n) is 7.25. The van der Waals surface area contributed by atoms with Gasteiger partial charge in [0, 0.05) is 82.2 Å². The van der Waals surface area contributed by atoms with Gasteiger partial charge in [0.2, 0.25) is 5.95 Å². The number of nitrogens with zero attached hydrogens (tertiary/aromatic N) is 7. The number of piperidine rings is 1. The minimum Gasteiger partial charge on any atom is -0.369 e. The number of likely N-dealkylation sites (N-methyl/N-ethyl adjacent to an activating group) is 1.